The molecule has 0 aliphatic heterocycles. The molecule has 0 fully saturated rings. The number of rotatable bonds is 0. The van der Waals surface area contributed by atoms with Gasteiger partial charge in [0.1, 0.15) is 0 Å². The Labute approximate surface area is 119 Å². The van der Waals surface area contributed by atoms with Crippen molar-refractivity contribution >= 4 is 5.78 Å². The SMILES string of the molecule is [C-]#[N+]C1=C[C@]2(C)c3nn(C)c(C)c3CC[C@H]2[C@H](C)C1=O. The van der Waals surface area contributed by atoms with Gasteiger partial charge in [-0.05, 0) is 31.2 Å². The maximum absolute atomic E-state index is 12.2. The Balaban J connectivity index is 2.26. The molecule has 0 bridgehead atoms. The van der Waals surface area contributed by atoms with E-state index in [-0.39, 0.29) is 28.7 Å². The van der Waals surface area contributed by atoms with Crippen LogP contribution in [0.3, 0.4) is 0 Å². The monoisotopic (exact) mass is 269 g/mol. The van der Waals surface area contributed by atoms with Crippen molar-refractivity contribution in [3.8, 4) is 0 Å². The van der Waals surface area contributed by atoms with Gasteiger partial charge < -0.3 is 4.79 Å². The molecule has 0 N–H and O–H groups in total. The van der Waals surface area contributed by atoms with E-state index in [9.17, 15) is 4.79 Å². The molecule has 0 saturated carbocycles. The van der Waals surface area contributed by atoms with E-state index in [1.54, 1.807) is 0 Å². The zero-order valence-electron chi connectivity index (χ0n) is 12.4. The second-order valence-corrected chi connectivity index (χ2v) is 6.26. The summed E-state index contributed by atoms with van der Waals surface area (Å²) in [6.07, 6.45) is 3.84. The van der Waals surface area contributed by atoms with Crippen molar-refractivity contribution in [3.63, 3.8) is 0 Å². The molecule has 104 valence electrons. The molecule has 0 radical (unpaired) electrons. The fourth-order valence-corrected chi connectivity index (χ4v) is 3.96. The molecular formula is C16H19N3O. The van der Waals surface area contributed by atoms with Gasteiger partial charge >= 0.3 is 0 Å². The molecule has 0 aromatic carbocycles. The molecule has 3 rings (SSSR count). The summed E-state index contributed by atoms with van der Waals surface area (Å²) in [5, 5.41) is 4.69. The lowest BCUT2D eigenvalue weighted by atomic mass is 9.58. The van der Waals surface area contributed by atoms with E-state index in [4.69, 9.17) is 11.7 Å². The minimum absolute atomic E-state index is 0.00132. The molecule has 2 aliphatic carbocycles. The lowest BCUT2D eigenvalue weighted by molar-refractivity contribution is -0.121. The molecule has 1 aromatic rings. The number of aryl methyl sites for hydroxylation is 1. The van der Waals surface area contributed by atoms with Gasteiger partial charge in [0.05, 0.1) is 12.3 Å². The van der Waals surface area contributed by atoms with Crippen LogP contribution in [0.2, 0.25) is 0 Å². The molecule has 0 saturated heterocycles. The third-order valence-electron chi connectivity index (χ3n) is 5.27. The van der Waals surface area contributed by atoms with Gasteiger partial charge in [-0.15, -0.1) is 0 Å². The van der Waals surface area contributed by atoms with Gasteiger partial charge in [-0.3, -0.25) is 4.68 Å². The van der Waals surface area contributed by atoms with Crippen LogP contribution in [0.15, 0.2) is 11.8 Å². The summed E-state index contributed by atoms with van der Waals surface area (Å²) >= 11 is 0. The van der Waals surface area contributed by atoms with E-state index in [1.165, 1.54) is 11.3 Å². The highest BCUT2D eigenvalue weighted by atomic mass is 16.1. The van der Waals surface area contributed by atoms with Gasteiger partial charge in [0.25, 0.3) is 0 Å². The zero-order valence-corrected chi connectivity index (χ0v) is 12.4. The van der Waals surface area contributed by atoms with Crippen molar-refractivity contribution in [3.05, 3.63) is 40.1 Å². The Hall–Kier alpha value is -1.89. The van der Waals surface area contributed by atoms with Crippen molar-refractivity contribution in [1.29, 1.82) is 0 Å². The van der Waals surface area contributed by atoms with Gasteiger partial charge in [0.2, 0.25) is 5.70 Å². The Morgan fingerprint density at radius 1 is 1.55 bits per heavy atom. The Morgan fingerprint density at radius 3 is 2.90 bits per heavy atom. The highest BCUT2D eigenvalue weighted by Crippen LogP contribution is 2.49. The van der Waals surface area contributed by atoms with Crippen LogP contribution in [0.5, 0.6) is 0 Å². The number of aromatic nitrogens is 2. The summed E-state index contributed by atoms with van der Waals surface area (Å²) < 4.78 is 1.92. The predicted molar refractivity (Wildman–Crippen MR) is 76.0 cm³/mol. The van der Waals surface area contributed by atoms with Crippen LogP contribution in [0.1, 0.15) is 37.2 Å². The molecule has 0 spiro atoms. The number of hydrogen-bond donors (Lipinski definition) is 0. The summed E-state index contributed by atoms with van der Waals surface area (Å²) in [4.78, 5) is 15.7. The number of carbonyl (C=O) groups excluding carboxylic acids is 1. The highest BCUT2D eigenvalue weighted by Gasteiger charge is 2.49. The van der Waals surface area contributed by atoms with E-state index in [2.05, 4.69) is 18.7 Å². The third kappa shape index (κ3) is 1.46. The predicted octanol–water partition coefficient (Wildman–Crippen LogP) is 2.57. The molecule has 1 heterocycles. The third-order valence-corrected chi connectivity index (χ3v) is 5.27. The molecule has 2 aliphatic rings. The van der Waals surface area contributed by atoms with Gasteiger partial charge in [-0.2, -0.15) is 5.10 Å². The number of fused-ring (bicyclic) bond motifs is 3. The number of Topliss-reactive ketones (excluding diaryl/α,β-unsaturated/α-hetero) is 1. The zero-order chi connectivity index (χ0) is 14.7. The van der Waals surface area contributed by atoms with Crippen LogP contribution in [-0.4, -0.2) is 15.6 Å². The summed E-state index contributed by atoms with van der Waals surface area (Å²) in [6, 6.07) is 0. The van der Waals surface area contributed by atoms with Crippen LogP contribution in [0, 0.1) is 25.3 Å². The maximum atomic E-state index is 12.2. The standard InChI is InChI=1S/C16H19N3O/c1-9-12-7-6-11-10(2)19(5)18-15(11)16(12,3)8-13(17-4)14(9)20/h8-9,12H,6-7H2,1-3,5H3/t9-,12-,16-/m0/s1. The summed E-state index contributed by atoms with van der Waals surface area (Å²) in [5.74, 6) is 0.158. The first-order chi connectivity index (χ1) is 9.40. The molecule has 20 heavy (non-hydrogen) atoms. The number of hydrogen-bond acceptors (Lipinski definition) is 2. The van der Waals surface area contributed by atoms with Crippen molar-refractivity contribution in [1.82, 2.24) is 9.78 Å². The first-order valence-electron chi connectivity index (χ1n) is 7.07. The van der Waals surface area contributed by atoms with Crippen LogP contribution in [0.4, 0.5) is 0 Å². The van der Waals surface area contributed by atoms with E-state index in [0.29, 0.717) is 0 Å². The van der Waals surface area contributed by atoms with Gasteiger partial charge in [0, 0.05) is 24.1 Å². The fourth-order valence-electron chi connectivity index (χ4n) is 3.96. The molecule has 3 atom stereocenters. The van der Waals surface area contributed by atoms with Crippen LogP contribution in [-0.2, 0) is 23.7 Å². The quantitative estimate of drug-likeness (QED) is 0.679. The average Bonchev–Trinajstić information content (AvgIpc) is 2.72. The number of ketones is 1. The molecule has 0 amide bonds. The molecule has 0 unspecified atom stereocenters. The first-order valence-corrected chi connectivity index (χ1v) is 7.07. The molecule has 1 aromatic heterocycles. The Bertz CT molecular complexity index is 677. The molecule has 4 nitrogen and oxygen atoms in total. The first kappa shape index (κ1) is 13.1. The number of nitrogens with zero attached hydrogens (tertiary/aromatic N) is 3. The summed E-state index contributed by atoms with van der Waals surface area (Å²) in [7, 11) is 1.96. The minimum Gasteiger partial charge on any atom is -0.308 e. The van der Waals surface area contributed by atoms with Crippen LogP contribution >= 0.6 is 0 Å². The lowest BCUT2D eigenvalue weighted by Crippen LogP contribution is -2.45. The van der Waals surface area contributed by atoms with Gasteiger partial charge in [0.15, 0.2) is 5.78 Å². The van der Waals surface area contributed by atoms with Crippen LogP contribution in [0.25, 0.3) is 4.85 Å². The highest BCUT2D eigenvalue weighted by molar-refractivity contribution is 6.00. The van der Waals surface area contributed by atoms with E-state index in [1.807, 2.05) is 24.7 Å². The second-order valence-electron chi connectivity index (χ2n) is 6.26. The summed E-state index contributed by atoms with van der Waals surface area (Å²) in [5.41, 5.74) is 3.56. The fraction of sp³-hybridized carbons (Fsp3) is 0.562. The lowest BCUT2D eigenvalue weighted by Gasteiger charge is -2.44. The Morgan fingerprint density at radius 2 is 2.25 bits per heavy atom. The van der Waals surface area contributed by atoms with Crippen molar-refractivity contribution in [2.45, 2.75) is 39.0 Å². The minimum atomic E-state index is -0.285. The van der Waals surface area contributed by atoms with Crippen molar-refractivity contribution in [2.24, 2.45) is 18.9 Å². The molecule has 4 heteroatoms. The van der Waals surface area contributed by atoms with E-state index in [0.717, 1.165) is 18.5 Å². The maximum Gasteiger partial charge on any atom is 0.226 e. The number of allylic oxidation sites excluding steroid dienone is 2. The topological polar surface area (TPSA) is 39.2 Å². The van der Waals surface area contributed by atoms with E-state index >= 15 is 0 Å². The number of carbonyl (C=O) groups is 1. The largest absolute Gasteiger partial charge is 0.308 e. The second kappa shape index (κ2) is 4.05. The molecular weight excluding hydrogens is 250 g/mol. The van der Waals surface area contributed by atoms with E-state index < -0.39 is 0 Å². The average molecular weight is 269 g/mol. The Kier molecular flexibility index (Phi) is 2.66. The smallest absolute Gasteiger partial charge is 0.226 e. The van der Waals surface area contributed by atoms with Crippen LogP contribution < -0.4 is 0 Å². The van der Waals surface area contributed by atoms with Crippen molar-refractivity contribution < 1.29 is 4.79 Å². The van der Waals surface area contributed by atoms with Gasteiger partial charge in [-0.1, -0.05) is 19.9 Å². The van der Waals surface area contributed by atoms with Gasteiger partial charge in [-0.25, -0.2) is 4.85 Å². The summed E-state index contributed by atoms with van der Waals surface area (Å²) in [6.45, 7) is 13.4. The normalized spacial score (nSPS) is 32.1. The van der Waals surface area contributed by atoms with Crippen molar-refractivity contribution in [2.75, 3.05) is 0 Å².